The first kappa shape index (κ1) is 18.0. The van der Waals surface area contributed by atoms with E-state index in [0.29, 0.717) is 30.4 Å². The molecule has 0 aliphatic carbocycles. The van der Waals surface area contributed by atoms with Crippen molar-refractivity contribution in [3.8, 4) is 5.75 Å². The molecule has 0 aliphatic rings. The molecule has 0 radical (unpaired) electrons. The fourth-order valence-corrected chi connectivity index (χ4v) is 2.54. The van der Waals surface area contributed by atoms with Gasteiger partial charge in [-0.2, -0.15) is 0 Å². The molecular formula is C20H25NO3. The maximum absolute atomic E-state index is 12.8. The number of anilines is 1. The molecule has 0 spiro atoms. The minimum absolute atomic E-state index is 0.167. The van der Waals surface area contributed by atoms with Crippen molar-refractivity contribution in [2.24, 2.45) is 0 Å². The van der Waals surface area contributed by atoms with Gasteiger partial charge in [0.05, 0.1) is 12.2 Å². The van der Waals surface area contributed by atoms with E-state index in [0.717, 1.165) is 16.8 Å². The summed E-state index contributed by atoms with van der Waals surface area (Å²) in [5.74, 6) is 0.722. The van der Waals surface area contributed by atoms with Crippen LogP contribution in [-0.2, 0) is 4.74 Å². The number of rotatable bonds is 7. The van der Waals surface area contributed by atoms with Crippen molar-refractivity contribution < 1.29 is 14.3 Å². The normalized spacial score (nSPS) is 10.7. The smallest absolute Gasteiger partial charge is 0.259 e. The molecule has 0 saturated carbocycles. The van der Waals surface area contributed by atoms with Gasteiger partial charge in [-0.1, -0.05) is 44.2 Å². The number of nitrogens with one attached hydrogen (secondary N) is 1. The van der Waals surface area contributed by atoms with Crippen molar-refractivity contribution in [3.63, 3.8) is 0 Å². The lowest BCUT2D eigenvalue weighted by atomic mass is 9.98. The largest absolute Gasteiger partial charge is 0.490 e. The third kappa shape index (κ3) is 4.36. The number of carbonyl (C=O) groups is 1. The third-order valence-corrected chi connectivity index (χ3v) is 3.84. The SMILES string of the molecule is COCCOc1ccccc1C(=O)Nc1c(C)cccc1C(C)C. The van der Waals surface area contributed by atoms with Gasteiger partial charge in [-0.05, 0) is 36.1 Å². The van der Waals surface area contributed by atoms with Crippen LogP contribution in [0.2, 0.25) is 0 Å². The molecule has 1 N–H and O–H groups in total. The van der Waals surface area contributed by atoms with Crippen molar-refractivity contribution in [2.45, 2.75) is 26.7 Å². The van der Waals surface area contributed by atoms with Gasteiger partial charge in [0.25, 0.3) is 5.91 Å². The Morgan fingerprint density at radius 3 is 2.54 bits per heavy atom. The Hall–Kier alpha value is -2.33. The number of ether oxygens (including phenoxy) is 2. The van der Waals surface area contributed by atoms with Crippen LogP contribution < -0.4 is 10.1 Å². The fraction of sp³-hybridized carbons (Fsp3) is 0.350. The molecule has 0 heterocycles. The van der Waals surface area contributed by atoms with Crippen LogP contribution in [-0.4, -0.2) is 26.2 Å². The van der Waals surface area contributed by atoms with Crippen LogP contribution in [0.3, 0.4) is 0 Å². The lowest BCUT2D eigenvalue weighted by molar-refractivity contribution is 0.101. The number of carbonyl (C=O) groups excluding carboxylic acids is 1. The molecule has 4 heteroatoms. The van der Waals surface area contributed by atoms with Crippen molar-refractivity contribution in [1.29, 1.82) is 0 Å². The Morgan fingerprint density at radius 2 is 1.83 bits per heavy atom. The summed E-state index contributed by atoms with van der Waals surface area (Å²) in [4.78, 5) is 12.8. The van der Waals surface area contributed by atoms with Gasteiger partial charge in [-0.3, -0.25) is 4.79 Å². The molecule has 128 valence electrons. The van der Waals surface area contributed by atoms with E-state index in [9.17, 15) is 4.79 Å². The highest BCUT2D eigenvalue weighted by Crippen LogP contribution is 2.29. The lowest BCUT2D eigenvalue weighted by Crippen LogP contribution is -2.16. The molecular weight excluding hydrogens is 302 g/mol. The van der Waals surface area contributed by atoms with Crippen molar-refractivity contribution in [2.75, 3.05) is 25.6 Å². The van der Waals surface area contributed by atoms with E-state index in [1.807, 2.05) is 37.3 Å². The second kappa shape index (κ2) is 8.50. The number of para-hydroxylation sites is 2. The van der Waals surface area contributed by atoms with Gasteiger partial charge in [0, 0.05) is 12.8 Å². The number of benzene rings is 2. The number of methoxy groups -OCH3 is 1. The van der Waals surface area contributed by atoms with Crippen LogP contribution in [0.15, 0.2) is 42.5 Å². The van der Waals surface area contributed by atoms with Crippen LogP contribution in [0.5, 0.6) is 5.75 Å². The average molecular weight is 327 g/mol. The molecule has 2 rings (SSSR count). The van der Waals surface area contributed by atoms with Crippen LogP contribution in [0.4, 0.5) is 5.69 Å². The molecule has 0 unspecified atom stereocenters. The van der Waals surface area contributed by atoms with Crippen LogP contribution >= 0.6 is 0 Å². The molecule has 4 nitrogen and oxygen atoms in total. The maximum Gasteiger partial charge on any atom is 0.259 e. The molecule has 0 fully saturated rings. The summed E-state index contributed by atoms with van der Waals surface area (Å²) in [6, 6.07) is 13.3. The summed E-state index contributed by atoms with van der Waals surface area (Å²) < 4.78 is 10.7. The summed E-state index contributed by atoms with van der Waals surface area (Å²) in [6.07, 6.45) is 0. The number of hydrogen-bond donors (Lipinski definition) is 1. The van der Waals surface area contributed by atoms with E-state index in [4.69, 9.17) is 9.47 Å². The highest BCUT2D eigenvalue weighted by molar-refractivity contribution is 6.07. The zero-order chi connectivity index (χ0) is 17.5. The second-order valence-electron chi connectivity index (χ2n) is 5.99. The summed E-state index contributed by atoms with van der Waals surface area (Å²) in [5.41, 5.74) is 3.57. The van der Waals surface area contributed by atoms with Crippen LogP contribution in [0, 0.1) is 6.92 Å². The Labute approximate surface area is 143 Å². The number of hydrogen-bond acceptors (Lipinski definition) is 3. The first-order valence-corrected chi connectivity index (χ1v) is 8.16. The molecule has 0 atom stereocenters. The van der Waals surface area contributed by atoms with Gasteiger partial charge < -0.3 is 14.8 Å². The lowest BCUT2D eigenvalue weighted by Gasteiger charge is -2.17. The standard InChI is InChI=1S/C20H25NO3/c1-14(2)16-10-7-8-15(3)19(16)21-20(22)17-9-5-6-11-18(17)24-13-12-23-4/h5-11,14H,12-13H2,1-4H3,(H,21,22). The second-order valence-corrected chi connectivity index (χ2v) is 5.99. The van der Waals surface area contributed by atoms with Gasteiger partial charge in [0.2, 0.25) is 0 Å². The minimum Gasteiger partial charge on any atom is -0.490 e. The summed E-state index contributed by atoms with van der Waals surface area (Å²) in [7, 11) is 1.62. The van der Waals surface area contributed by atoms with E-state index in [1.54, 1.807) is 19.2 Å². The predicted molar refractivity (Wildman–Crippen MR) is 97.0 cm³/mol. The fourth-order valence-electron chi connectivity index (χ4n) is 2.54. The van der Waals surface area contributed by atoms with Crippen molar-refractivity contribution in [1.82, 2.24) is 0 Å². The van der Waals surface area contributed by atoms with Crippen molar-refractivity contribution in [3.05, 3.63) is 59.2 Å². The van der Waals surface area contributed by atoms with Gasteiger partial charge in [-0.15, -0.1) is 0 Å². The molecule has 2 aromatic rings. The topological polar surface area (TPSA) is 47.6 Å². The number of aryl methyl sites for hydroxylation is 1. The summed E-state index contributed by atoms with van der Waals surface area (Å²) in [5, 5.41) is 3.06. The minimum atomic E-state index is -0.167. The van der Waals surface area contributed by atoms with E-state index < -0.39 is 0 Å². The van der Waals surface area contributed by atoms with E-state index >= 15 is 0 Å². The third-order valence-electron chi connectivity index (χ3n) is 3.84. The van der Waals surface area contributed by atoms with E-state index in [2.05, 4.69) is 19.2 Å². The Kier molecular flexibility index (Phi) is 6.38. The first-order valence-electron chi connectivity index (χ1n) is 8.16. The first-order chi connectivity index (χ1) is 11.5. The molecule has 0 saturated heterocycles. The Bertz CT molecular complexity index is 695. The monoisotopic (exact) mass is 327 g/mol. The molecule has 24 heavy (non-hydrogen) atoms. The Balaban J connectivity index is 2.25. The highest BCUT2D eigenvalue weighted by Gasteiger charge is 2.16. The Morgan fingerprint density at radius 1 is 1.08 bits per heavy atom. The van der Waals surface area contributed by atoms with Crippen LogP contribution in [0.1, 0.15) is 41.3 Å². The average Bonchev–Trinajstić information content (AvgIpc) is 2.57. The molecule has 1 amide bonds. The summed E-state index contributed by atoms with van der Waals surface area (Å²) >= 11 is 0. The zero-order valence-electron chi connectivity index (χ0n) is 14.8. The molecule has 2 aromatic carbocycles. The van der Waals surface area contributed by atoms with Crippen molar-refractivity contribution >= 4 is 11.6 Å². The predicted octanol–water partition coefficient (Wildman–Crippen LogP) is 4.40. The highest BCUT2D eigenvalue weighted by atomic mass is 16.5. The van der Waals surface area contributed by atoms with Gasteiger partial charge >= 0.3 is 0 Å². The van der Waals surface area contributed by atoms with Crippen LogP contribution in [0.25, 0.3) is 0 Å². The number of amides is 1. The molecule has 0 bridgehead atoms. The van der Waals surface area contributed by atoms with Gasteiger partial charge in [0.15, 0.2) is 0 Å². The maximum atomic E-state index is 12.8. The quantitative estimate of drug-likeness (QED) is 0.767. The van der Waals surface area contributed by atoms with Gasteiger partial charge in [0.1, 0.15) is 12.4 Å². The van der Waals surface area contributed by atoms with E-state index in [1.165, 1.54) is 0 Å². The molecule has 0 aliphatic heterocycles. The van der Waals surface area contributed by atoms with E-state index in [-0.39, 0.29) is 5.91 Å². The zero-order valence-corrected chi connectivity index (χ0v) is 14.8. The molecule has 0 aromatic heterocycles. The van der Waals surface area contributed by atoms with Gasteiger partial charge in [-0.25, -0.2) is 0 Å². The summed E-state index contributed by atoms with van der Waals surface area (Å²) in [6.45, 7) is 7.12.